The van der Waals surface area contributed by atoms with E-state index in [1.54, 1.807) is 30.7 Å². The number of hydrogen-bond donors (Lipinski definition) is 1. The lowest BCUT2D eigenvalue weighted by Gasteiger charge is -2.10. The van der Waals surface area contributed by atoms with Crippen molar-refractivity contribution in [2.75, 3.05) is 5.32 Å². The molecular weight excluding hydrogens is 330 g/mol. The average Bonchev–Trinajstić information content (AvgIpc) is 3.20. The predicted molar refractivity (Wildman–Crippen MR) is 98.2 cm³/mol. The van der Waals surface area contributed by atoms with Gasteiger partial charge in [-0.2, -0.15) is 5.10 Å². The second-order valence-corrected chi connectivity index (χ2v) is 5.75. The van der Waals surface area contributed by atoms with Crippen LogP contribution in [0.5, 0.6) is 0 Å². The minimum Gasteiger partial charge on any atom is -0.324 e. The molecule has 0 spiro atoms. The number of nitrogens with zero attached hydrogens (tertiary/aromatic N) is 4. The molecule has 1 amide bonds. The van der Waals surface area contributed by atoms with E-state index in [0.29, 0.717) is 16.6 Å². The molecule has 26 heavy (non-hydrogen) atoms. The molecule has 0 saturated carbocycles. The Balaban J connectivity index is 1.51. The van der Waals surface area contributed by atoms with Crippen LogP contribution in [-0.2, 0) is 11.3 Å². The third kappa shape index (κ3) is 3.10. The molecule has 7 heteroatoms. The number of carbonyl (C=O) groups is 1. The van der Waals surface area contributed by atoms with Crippen LogP contribution < -0.4 is 10.7 Å². The summed E-state index contributed by atoms with van der Waals surface area (Å²) in [7, 11) is 0. The van der Waals surface area contributed by atoms with Gasteiger partial charge in [0, 0.05) is 29.2 Å². The topological polar surface area (TPSA) is 81.8 Å². The van der Waals surface area contributed by atoms with Crippen LogP contribution in [0.25, 0.3) is 16.6 Å². The minimum atomic E-state index is -0.221. The summed E-state index contributed by atoms with van der Waals surface area (Å²) in [5.74, 6) is -0.221. The summed E-state index contributed by atoms with van der Waals surface area (Å²) in [6.07, 6.45) is 6.49. The maximum atomic E-state index is 12.4. The zero-order valence-corrected chi connectivity index (χ0v) is 13.7. The van der Waals surface area contributed by atoms with E-state index in [1.807, 2.05) is 41.1 Å². The van der Waals surface area contributed by atoms with E-state index < -0.39 is 0 Å². The Morgan fingerprint density at radius 1 is 1.08 bits per heavy atom. The maximum absolute atomic E-state index is 12.4. The first-order valence-corrected chi connectivity index (χ1v) is 8.04. The molecule has 4 rings (SSSR count). The summed E-state index contributed by atoms with van der Waals surface area (Å²) in [5.41, 5.74) is 2.11. The zero-order chi connectivity index (χ0) is 17.9. The number of hydrogen-bond acceptors (Lipinski definition) is 4. The molecule has 4 aromatic rings. The molecule has 0 aliphatic carbocycles. The summed E-state index contributed by atoms with van der Waals surface area (Å²) in [5, 5.41) is 7.45. The van der Waals surface area contributed by atoms with Crippen LogP contribution in [0.3, 0.4) is 0 Å². The number of nitrogens with one attached hydrogen (secondary N) is 1. The fraction of sp³-hybridized carbons (Fsp3) is 0.0526. The molecule has 7 nitrogen and oxygen atoms in total. The molecule has 0 atom stereocenters. The highest BCUT2D eigenvalue weighted by atomic mass is 16.2. The van der Waals surface area contributed by atoms with Gasteiger partial charge in [0.1, 0.15) is 6.54 Å². The molecule has 0 unspecified atom stereocenters. The van der Waals surface area contributed by atoms with Crippen molar-refractivity contribution in [2.45, 2.75) is 6.54 Å². The average molecular weight is 345 g/mol. The Bertz CT molecular complexity index is 1110. The normalized spacial score (nSPS) is 10.8. The van der Waals surface area contributed by atoms with Gasteiger partial charge in [0.05, 0.1) is 18.0 Å². The highest BCUT2D eigenvalue weighted by Crippen LogP contribution is 2.13. The van der Waals surface area contributed by atoms with E-state index in [-0.39, 0.29) is 17.9 Å². The van der Waals surface area contributed by atoms with Gasteiger partial charge in [-0.05, 0) is 36.4 Å². The van der Waals surface area contributed by atoms with Crippen LogP contribution in [-0.4, -0.2) is 25.2 Å². The molecule has 2 aromatic heterocycles. The largest absolute Gasteiger partial charge is 0.324 e. The fourth-order valence-corrected chi connectivity index (χ4v) is 2.75. The zero-order valence-electron chi connectivity index (χ0n) is 13.7. The van der Waals surface area contributed by atoms with Crippen LogP contribution in [0.2, 0.25) is 0 Å². The smallest absolute Gasteiger partial charge is 0.246 e. The van der Waals surface area contributed by atoms with Gasteiger partial charge in [-0.1, -0.05) is 12.1 Å². The first-order chi connectivity index (χ1) is 12.7. The number of para-hydroxylation sites is 1. The van der Waals surface area contributed by atoms with Gasteiger partial charge >= 0.3 is 0 Å². The molecule has 128 valence electrons. The summed E-state index contributed by atoms with van der Waals surface area (Å²) in [6.45, 7) is 0.0179. The Morgan fingerprint density at radius 3 is 2.65 bits per heavy atom. The van der Waals surface area contributed by atoms with Gasteiger partial charge in [0.25, 0.3) is 0 Å². The van der Waals surface area contributed by atoms with Gasteiger partial charge in [0.2, 0.25) is 11.3 Å². The third-order valence-corrected chi connectivity index (χ3v) is 4.01. The van der Waals surface area contributed by atoms with Crippen LogP contribution >= 0.6 is 0 Å². The molecular formula is C19H15N5O2. The summed E-state index contributed by atoms with van der Waals surface area (Å²) in [6, 6.07) is 14.5. The Kier molecular flexibility index (Phi) is 4.03. The first-order valence-electron chi connectivity index (χ1n) is 8.04. The highest BCUT2D eigenvalue weighted by molar-refractivity contribution is 5.91. The van der Waals surface area contributed by atoms with Crippen molar-refractivity contribution in [2.24, 2.45) is 0 Å². The number of carbonyl (C=O) groups excluding carboxylic acids is 1. The molecule has 0 aliphatic heterocycles. The number of aromatic nitrogens is 4. The van der Waals surface area contributed by atoms with Crippen molar-refractivity contribution in [1.29, 1.82) is 0 Å². The number of amides is 1. The van der Waals surface area contributed by atoms with Gasteiger partial charge in [-0.25, -0.2) is 4.98 Å². The van der Waals surface area contributed by atoms with E-state index >= 15 is 0 Å². The molecule has 0 radical (unpaired) electrons. The second-order valence-electron chi connectivity index (χ2n) is 5.75. The Labute approximate surface area is 148 Å². The lowest BCUT2D eigenvalue weighted by Crippen LogP contribution is -2.22. The SMILES string of the molecule is O=C(Cn1ncc(=O)c2ccccc21)Nc1ccc(-n2ccnc2)cc1. The summed E-state index contributed by atoms with van der Waals surface area (Å²) < 4.78 is 3.40. The summed E-state index contributed by atoms with van der Waals surface area (Å²) >= 11 is 0. The molecule has 0 fully saturated rings. The van der Waals surface area contributed by atoms with Crippen LogP contribution in [0, 0.1) is 0 Å². The van der Waals surface area contributed by atoms with Crippen molar-refractivity contribution >= 4 is 22.5 Å². The lowest BCUT2D eigenvalue weighted by atomic mass is 10.2. The number of fused-ring (bicyclic) bond motifs is 1. The summed E-state index contributed by atoms with van der Waals surface area (Å²) in [4.78, 5) is 28.2. The van der Waals surface area contributed by atoms with Crippen LogP contribution in [0.1, 0.15) is 0 Å². The second kappa shape index (κ2) is 6.64. The van der Waals surface area contributed by atoms with Crippen LogP contribution in [0.15, 0.2) is 78.2 Å². The van der Waals surface area contributed by atoms with E-state index in [2.05, 4.69) is 15.4 Å². The van der Waals surface area contributed by atoms with E-state index in [1.165, 1.54) is 10.9 Å². The quantitative estimate of drug-likeness (QED) is 0.615. The molecule has 1 N–H and O–H groups in total. The van der Waals surface area contributed by atoms with Crippen molar-refractivity contribution in [3.05, 3.63) is 83.7 Å². The number of anilines is 1. The van der Waals surface area contributed by atoms with E-state index in [0.717, 1.165) is 5.69 Å². The van der Waals surface area contributed by atoms with Crippen molar-refractivity contribution in [3.63, 3.8) is 0 Å². The standard InChI is InChI=1S/C19H15N5O2/c25-18-11-21-24(17-4-2-1-3-16(17)18)12-19(26)22-14-5-7-15(8-6-14)23-10-9-20-13-23/h1-11,13H,12H2,(H,22,26). The number of imidazole rings is 1. The monoisotopic (exact) mass is 345 g/mol. The third-order valence-electron chi connectivity index (χ3n) is 4.01. The lowest BCUT2D eigenvalue weighted by molar-refractivity contribution is -0.116. The van der Waals surface area contributed by atoms with E-state index in [4.69, 9.17) is 0 Å². The van der Waals surface area contributed by atoms with E-state index in [9.17, 15) is 9.59 Å². The van der Waals surface area contributed by atoms with Gasteiger partial charge in [0.15, 0.2) is 0 Å². The molecule has 0 saturated heterocycles. The Hall–Kier alpha value is -3.74. The Morgan fingerprint density at radius 2 is 1.88 bits per heavy atom. The highest BCUT2D eigenvalue weighted by Gasteiger charge is 2.08. The van der Waals surface area contributed by atoms with Crippen molar-refractivity contribution in [3.8, 4) is 5.69 Å². The first kappa shape index (κ1) is 15.8. The van der Waals surface area contributed by atoms with Gasteiger partial charge in [-0.15, -0.1) is 0 Å². The van der Waals surface area contributed by atoms with Crippen molar-refractivity contribution in [1.82, 2.24) is 19.3 Å². The van der Waals surface area contributed by atoms with Gasteiger partial charge < -0.3 is 9.88 Å². The van der Waals surface area contributed by atoms with Gasteiger partial charge in [-0.3, -0.25) is 14.3 Å². The molecule has 0 aliphatic rings. The minimum absolute atomic E-state index is 0.0179. The fourth-order valence-electron chi connectivity index (χ4n) is 2.75. The number of benzene rings is 2. The number of rotatable bonds is 4. The van der Waals surface area contributed by atoms with Crippen LogP contribution in [0.4, 0.5) is 5.69 Å². The van der Waals surface area contributed by atoms with Crippen molar-refractivity contribution < 1.29 is 4.79 Å². The molecule has 2 aromatic carbocycles. The molecule has 0 bridgehead atoms. The maximum Gasteiger partial charge on any atom is 0.246 e. The molecule has 2 heterocycles. The predicted octanol–water partition coefficient (Wildman–Crippen LogP) is 2.22.